The minimum Gasteiger partial charge on any atom is -0.387 e. The predicted molar refractivity (Wildman–Crippen MR) is 66.9 cm³/mol. The van der Waals surface area contributed by atoms with E-state index in [1.807, 2.05) is 25.1 Å². The van der Waals surface area contributed by atoms with Gasteiger partial charge in [-0.1, -0.05) is 23.9 Å². The molecule has 3 N–H and O–H groups in total. The van der Waals surface area contributed by atoms with E-state index in [0.717, 1.165) is 9.86 Å². The van der Waals surface area contributed by atoms with Crippen molar-refractivity contribution in [3.8, 4) is 0 Å². The Balaban J connectivity index is 2.26. The van der Waals surface area contributed by atoms with Crippen molar-refractivity contribution in [1.82, 2.24) is 4.98 Å². The zero-order chi connectivity index (χ0) is 10.8. The molecule has 1 aromatic carbocycles. The van der Waals surface area contributed by atoms with Crippen LogP contribution in [-0.4, -0.2) is 16.1 Å². The predicted octanol–water partition coefficient (Wildman–Crippen LogP) is 2.71. The lowest BCUT2D eigenvalue weighted by Gasteiger charge is -2.04. The minimum atomic E-state index is -0.00874. The van der Waals surface area contributed by atoms with Crippen LogP contribution in [0.1, 0.15) is 6.92 Å². The van der Waals surface area contributed by atoms with E-state index in [1.165, 1.54) is 16.5 Å². The van der Waals surface area contributed by atoms with E-state index in [1.54, 1.807) is 11.3 Å². The molecule has 0 saturated heterocycles. The average Bonchev–Trinajstić information content (AvgIpc) is 2.59. The molecule has 0 bridgehead atoms. The van der Waals surface area contributed by atoms with Crippen LogP contribution in [0.5, 0.6) is 0 Å². The van der Waals surface area contributed by atoms with E-state index in [9.17, 15) is 0 Å². The lowest BCUT2D eigenvalue weighted by molar-refractivity contribution is 1.21. The topological polar surface area (TPSA) is 62.8 Å². The normalized spacial score (nSPS) is 12.9. The van der Waals surface area contributed by atoms with Crippen molar-refractivity contribution >= 4 is 39.2 Å². The van der Waals surface area contributed by atoms with Gasteiger partial charge in [0.15, 0.2) is 4.34 Å². The van der Waals surface area contributed by atoms with E-state index in [-0.39, 0.29) is 11.1 Å². The molecular formula is C10H11N3S2. The van der Waals surface area contributed by atoms with E-state index >= 15 is 0 Å². The largest absolute Gasteiger partial charge is 0.387 e. The van der Waals surface area contributed by atoms with Crippen molar-refractivity contribution in [2.24, 2.45) is 5.73 Å². The first kappa shape index (κ1) is 10.4. The highest BCUT2D eigenvalue weighted by Crippen LogP contribution is 2.31. The Morgan fingerprint density at radius 3 is 2.93 bits per heavy atom. The van der Waals surface area contributed by atoms with Gasteiger partial charge in [-0.15, -0.1) is 11.3 Å². The number of rotatable bonds is 3. The Morgan fingerprint density at radius 2 is 2.27 bits per heavy atom. The Hall–Kier alpha value is -1.07. The average molecular weight is 237 g/mol. The lowest BCUT2D eigenvalue weighted by Crippen LogP contribution is -2.21. The number of nitrogens with two attached hydrogens (primary N) is 1. The molecule has 0 aliphatic rings. The Morgan fingerprint density at radius 1 is 1.53 bits per heavy atom. The first-order valence-electron chi connectivity index (χ1n) is 4.53. The summed E-state index contributed by atoms with van der Waals surface area (Å²) >= 11 is 3.18. The number of hydrogen-bond acceptors (Lipinski definition) is 4. The van der Waals surface area contributed by atoms with Crippen LogP contribution in [-0.2, 0) is 0 Å². The van der Waals surface area contributed by atoms with Gasteiger partial charge in [-0.3, -0.25) is 5.41 Å². The quantitative estimate of drug-likeness (QED) is 0.490. The Labute approximate surface area is 96.2 Å². The van der Waals surface area contributed by atoms with Crippen LogP contribution in [0.15, 0.2) is 28.6 Å². The number of thiazole rings is 1. The van der Waals surface area contributed by atoms with Crippen LogP contribution in [0.2, 0.25) is 0 Å². The number of thioether (sulfide) groups is 1. The number of hydrogen-bond donors (Lipinski definition) is 2. The molecule has 1 aromatic heterocycles. The Kier molecular flexibility index (Phi) is 2.93. The highest BCUT2D eigenvalue weighted by atomic mass is 32.2. The highest BCUT2D eigenvalue weighted by Gasteiger charge is 2.10. The maximum Gasteiger partial charge on any atom is 0.151 e. The molecule has 78 valence electrons. The molecule has 15 heavy (non-hydrogen) atoms. The number of amidine groups is 1. The Bertz CT molecular complexity index is 459. The molecule has 1 atom stereocenters. The summed E-state index contributed by atoms with van der Waals surface area (Å²) in [5, 5.41) is 7.31. The first-order chi connectivity index (χ1) is 7.16. The molecule has 0 saturated carbocycles. The molecule has 0 spiro atoms. The summed E-state index contributed by atoms with van der Waals surface area (Å²) in [4.78, 5) is 4.46. The van der Waals surface area contributed by atoms with Gasteiger partial charge in [0.2, 0.25) is 0 Å². The molecule has 5 heteroatoms. The second kappa shape index (κ2) is 4.20. The van der Waals surface area contributed by atoms with Crippen molar-refractivity contribution in [3.63, 3.8) is 0 Å². The SMILES string of the molecule is CC(Sc1nc2ccccc2s1)C(=N)N. The van der Waals surface area contributed by atoms with Gasteiger partial charge in [-0.25, -0.2) is 4.98 Å². The summed E-state index contributed by atoms with van der Waals surface area (Å²) in [5.74, 6) is 0.194. The van der Waals surface area contributed by atoms with Crippen molar-refractivity contribution < 1.29 is 0 Å². The summed E-state index contributed by atoms with van der Waals surface area (Å²) in [5.41, 5.74) is 6.43. The van der Waals surface area contributed by atoms with Crippen molar-refractivity contribution in [2.45, 2.75) is 16.5 Å². The molecule has 0 fully saturated rings. The third kappa shape index (κ3) is 2.30. The molecule has 1 unspecified atom stereocenters. The smallest absolute Gasteiger partial charge is 0.151 e. The van der Waals surface area contributed by atoms with Crippen molar-refractivity contribution in [1.29, 1.82) is 5.41 Å². The molecule has 0 aliphatic heterocycles. The van der Waals surface area contributed by atoms with Crippen LogP contribution in [0.3, 0.4) is 0 Å². The monoisotopic (exact) mass is 237 g/mol. The van der Waals surface area contributed by atoms with Crippen LogP contribution in [0, 0.1) is 5.41 Å². The summed E-state index contributed by atoms with van der Waals surface area (Å²) in [6, 6.07) is 8.03. The van der Waals surface area contributed by atoms with Gasteiger partial charge >= 0.3 is 0 Å². The maximum atomic E-state index is 7.32. The van der Waals surface area contributed by atoms with Crippen LogP contribution in [0.4, 0.5) is 0 Å². The van der Waals surface area contributed by atoms with Crippen LogP contribution >= 0.6 is 23.1 Å². The molecule has 0 amide bonds. The van der Waals surface area contributed by atoms with Gasteiger partial charge in [0.05, 0.1) is 15.5 Å². The minimum absolute atomic E-state index is 0.00874. The van der Waals surface area contributed by atoms with Gasteiger partial charge < -0.3 is 5.73 Å². The fraction of sp³-hybridized carbons (Fsp3) is 0.200. The number of para-hydroxylation sites is 1. The van der Waals surface area contributed by atoms with Gasteiger partial charge in [0.1, 0.15) is 5.84 Å². The molecule has 0 aliphatic carbocycles. The van der Waals surface area contributed by atoms with E-state index in [2.05, 4.69) is 11.1 Å². The molecule has 0 radical (unpaired) electrons. The molecule has 1 heterocycles. The summed E-state index contributed by atoms with van der Waals surface area (Å²) < 4.78 is 2.15. The summed E-state index contributed by atoms with van der Waals surface area (Å²) in [7, 11) is 0. The number of fused-ring (bicyclic) bond motifs is 1. The van der Waals surface area contributed by atoms with Crippen LogP contribution in [0.25, 0.3) is 10.2 Å². The second-order valence-corrected chi connectivity index (χ2v) is 5.78. The molecule has 3 nitrogen and oxygen atoms in total. The zero-order valence-corrected chi connectivity index (χ0v) is 9.86. The van der Waals surface area contributed by atoms with Crippen LogP contribution < -0.4 is 5.73 Å². The maximum absolute atomic E-state index is 7.32. The molecule has 2 rings (SSSR count). The zero-order valence-electron chi connectivity index (χ0n) is 8.23. The van der Waals surface area contributed by atoms with Gasteiger partial charge in [-0.2, -0.15) is 0 Å². The summed E-state index contributed by atoms with van der Waals surface area (Å²) in [6.45, 7) is 1.92. The number of nitrogens with one attached hydrogen (secondary N) is 1. The third-order valence-corrected chi connectivity index (χ3v) is 4.26. The number of benzene rings is 1. The van der Waals surface area contributed by atoms with E-state index in [4.69, 9.17) is 11.1 Å². The fourth-order valence-electron chi connectivity index (χ4n) is 1.12. The molecule has 2 aromatic rings. The summed E-state index contributed by atoms with van der Waals surface area (Å²) in [6.07, 6.45) is 0. The number of aromatic nitrogens is 1. The van der Waals surface area contributed by atoms with Crippen molar-refractivity contribution in [3.05, 3.63) is 24.3 Å². The highest BCUT2D eigenvalue weighted by molar-refractivity contribution is 8.02. The van der Waals surface area contributed by atoms with E-state index in [0.29, 0.717) is 0 Å². The number of nitrogens with zero attached hydrogens (tertiary/aromatic N) is 1. The first-order valence-corrected chi connectivity index (χ1v) is 6.22. The second-order valence-electron chi connectivity index (χ2n) is 3.16. The third-order valence-electron chi connectivity index (χ3n) is 1.99. The van der Waals surface area contributed by atoms with E-state index < -0.39 is 0 Å². The fourth-order valence-corrected chi connectivity index (χ4v) is 3.29. The standard InChI is InChI=1S/C10H11N3S2/c1-6(9(11)12)14-10-13-7-4-2-3-5-8(7)15-10/h2-6H,1H3,(H3,11,12). The van der Waals surface area contributed by atoms with Gasteiger partial charge in [0, 0.05) is 0 Å². The molecular weight excluding hydrogens is 226 g/mol. The lowest BCUT2D eigenvalue weighted by atomic mass is 10.3. The van der Waals surface area contributed by atoms with Gasteiger partial charge in [0.25, 0.3) is 0 Å². The van der Waals surface area contributed by atoms with Crippen molar-refractivity contribution in [2.75, 3.05) is 0 Å². The van der Waals surface area contributed by atoms with Gasteiger partial charge in [-0.05, 0) is 19.1 Å².